The lowest BCUT2D eigenvalue weighted by atomic mass is 10.1. The molecule has 8 heteroatoms. The van der Waals surface area contributed by atoms with Crippen LogP contribution in [0.15, 0.2) is 109 Å². The molecule has 42 heavy (non-hydrogen) atoms. The van der Waals surface area contributed by atoms with Gasteiger partial charge in [-0.2, -0.15) is 0 Å². The fourth-order valence-corrected chi connectivity index (χ4v) is 3.98. The van der Waals surface area contributed by atoms with Gasteiger partial charge in [0.2, 0.25) is 0 Å². The molecule has 0 atom stereocenters. The number of carbonyl (C=O) groups excluding carboxylic acids is 3. The third-order valence-corrected chi connectivity index (χ3v) is 6.21. The number of hydrogen-bond acceptors (Lipinski definition) is 6. The molecule has 4 aromatic rings. The van der Waals surface area contributed by atoms with Gasteiger partial charge in [-0.1, -0.05) is 36.4 Å². The molecule has 0 aliphatic heterocycles. The van der Waals surface area contributed by atoms with Gasteiger partial charge in [0.1, 0.15) is 22.9 Å². The Kier molecular flexibility index (Phi) is 9.88. The van der Waals surface area contributed by atoms with E-state index in [1.165, 1.54) is 26.4 Å². The monoisotopic (exact) mass is 562 g/mol. The van der Waals surface area contributed by atoms with Crippen LogP contribution in [0.3, 0.4) is 0 Å². The molecule has 0 saturated heterocycles. The van der Waals surface area contributed by atoms with Gasteiger partial charge in [-0.05, 0) is 84.4 Å². The number of ketones is 1. The Bertz CT molecular complexity index is 1630. The Morgan fingerprint density at radius 1 is 0.690 bits per heavy atom. The zero-order valence-electron chi connectivity index (χ0n) is 23.4. The molecular formula is C34H30N2O6. The van der Waals surface area contributed by atoms with Crippen molar-refractivity contribution < 1.29 is 28.6 Å². The summed E-state index contributed by atoms with van der Waals surface area (Å²) in [5.41, 5.74) is 2.61. The first-order chi connectivity index (χ1) is 20.4. The van der Waals surface area contributed by atoms with Crippen molar-refractivity contribution in [2.24, 2.45) is 0 Å². The molecule has 0 radical (unpaired) electrons. The van der Waals surface area contributed by atoms with Crippen molar-refractivity contribution in [3.05, 3.63) is 131 Å². The fraction of sp³-hybridized carbons (Fsp3) is 0.0882. The second-order valence-electron chi connectivity index (χ2n) is 8.99. The van der Waals surface area contributed by atoms with Crippen LogP contribution in [-0.4, -0.2) is 38.9 Å². The van der Waals surface area contributed by atoms with Gasteiger partial charge in [-0.3, -0.25) is 14.4 Å². The summed E-state index contributed by atoms with van der Waals surface area (Å²) in [7, 11) is 4.62. The van der Waals surface area contributed by atoms with Crippen LogP contribution in [0.5, 0.6) is 17.2 Å². The minimum absolute atomic E-state index is 0.0169. The highest BCUT2D eigenvalue weighted by Crippen LogP contribution is 2.26. The van der Waals surface area contributed by atoms with E-state index < -0.39 is 11.8 Å². The number of ether oxygens (including phenoxy) is 3. The zero-order chi connectivity index (χ0) is 29.9. The van der Waals surface area contributed by atoms with Crippen molar-refractivity contribution >= 4 is 35.4 Å². The number of carbonyl (C=O) groups is 3. The van der Waals surface area contributed by atoms with Crippen molar-refractivity contribution in [3.8, 4) is 17.2 Å². The highest BCUT2D eigenvalue weighted by molar-refractivity contribution is 6.11. The molecule has 0 fully saturated rings. The molecule has 0 aliphatic carbocycles. The van der Waals surface area contributed by atoms with E-state index in [0.29, 0.717) is 39.6 Å². The molecule has 0 saturated carbocycles. The van der Waals surface area contributed by atoms with E-state index in [9.17, 15) is 14.4 Å². The molecule has 8 nitrogen and oxygen atoms in total. The number of rotatable bonds is 11. The van der Waals surface area contributed by atoms with E-state index in [1.807, 2.05) is 24.3 Å². The molecule has 0 aliphatic rings. The largest absolute Gasteiger partial charge is 0.497 e. The molecule has 4 rings (SSSR count). The topological polar surface area (TPSA) is 103 Å². The molecule has 0 spiro atoms. The molecular weight excluding hydrogens is 532 g/mol. The highest BCUT2D eigenvalue weighted by atomic mass is 16.5. The molecule has 0 aromatic heterocycles. The Balaban J connectivity index is 1.54. The van der Waals surface area contributed by atoms with Gasteiger partial charge in [0, 0.05) is 22.4 Å². The minimum Gasteiger partial charge on any atom is -0.497 e. The summed E-state index contributed by atoms with van der Waals surface area (Å²) in [4.78, 5) is 39.1. The zero-order valence-corrected chi connectivity index (χ0v) is 23.4. The Labute approximate surface area is 244 Å². The average molecular weight is 563 g/mol. The van der Waals surface area contributed by atoms with Crippen molar-refractivity contribution in [1.29, 1.82) is 0 Å². The summed E-state index contributed by atoms with van der Waals surface area (Å²) in [5.74, 6) is 0.514. The lowest BCUT2D eigenvalue weighted by Gasteiger charge is -2.13. The second kappa shape index (κ2) is 14.1. The van der Waals surface area contributed by atoms with Crippen LogP contribution in [0.2, 0.25) is 0 Å². The van der Waals surface area contributed by atoms with Crippen LogP contribution in [0.25, 0.3) is 12.2 Å². The summed E-state index contributed by atoms with van der Waals surface area (Å²) < 4.78 is 16.0. The molecule has 0 bridgehead atoms. The minimum atomic E-state index is -0.568. The van der Waals surface area contributed by atoms with Gasteiger partial charge in [-0.15, -0.1) is 0 Å². The van der Waals surface area contributed by atoms with Crippen molar-refractivity contribution in [1.82, 2.24) is 5.32 Å². The summed E-state index contributed by atoms with van der Waals surface area (Å²) in [5, 5.41) is 5.49. The highest BCUT2D eigenvalue weighted by Gasteiger charge is 2.17. The average Bonchev–Trinajstić information content (AvgIpc) is 3.04. The van der Waals surface area contributed by atoms with Gasteiger partial charge < -0.3 is 24.8 Å². The number of anilines is 1. The van der Waals surface area contributed by atoms with Crippen molar-refractivity contribution in [2.45, 2.75) is 0 Å². The standard InChI is InChI=1S/C34H30N2O6/c1-40-28-11-7-8-23(20-28)12-18-31(37)24-13-15-27(16-14-24)35-34(39)30(36-33(38)25-9-5-4-6-10-25)22-26-21-29(41-2)17-19-32(26)42-3/h4-22H,1-3H3,(H,35,39)(H,36,38)/b18-12+,30-22-. The van der Waals surface area contributed by atoms with Gasteiger partial charge in [0.05, 0.1) is 21.3 Å². The summed E-state index contributed by atoms with van der Waals surface area (Å²) in [6.45, 7) is 0. The summed E-state index contributed by atoms with van der Waals surface area (Å²) in [6, 6.07) is 27.5. The predicted molar refractivity (Wildman–Crippen MR) is 163 cm³/mol. The maximum atomic E-state index is 13.4. The van der Waals surface area contributed by atoms with E-state index in [4.69, 9.17) is 14.2 Å². The first-order valence-corrected chi connectivity index (χ1v) is 13.0. The van der Waals surface area contributed by atoms with Gasteiger partial charge in [0.15, 0.2) is 5.78 Å². The number of amides is 2. The van der Waals surface area contributed by atoms with Crippen LogP contribution in [0, 0.1) is 0 Å². The van der Waals surface area contributed by atoms with Crippen LogP contribution >= 0.6 is 0 Å². The lowest BCUT2D eigenvalue weighted by molar-refractivity contribution is -0.113. The van der Waals surface area contributed by atoms with Gasteiger partial charge >= 0.3 is 0 Å². The SMILES string of the molecule is COc1cccc(/C=C/C(=O)c2ccc(NC(=O)/C(=C/c3cc(OC)ccc3OC)NC(=O)c3ccccc3)cc2)c1. The number of benzene rings is 4. The maximum Gasteiger partial charge on any atom is 0.272 e. The van der Waals surface area contributed by atoms with Crippen LogP contribution < -0.4 is 24.8 Å². The third kappa shape index (κ3) is 7.73. The summed E-state index contributed by atoms with van der Waals surface area (Å²) >= 11 is 0. The second-order valence-corrected chi connectivity index (χ2v) is 8.99. The predicted octanol–water partition coefficient (Wildman–Crippen LogP) is 6.02. The number of allylic oxidation sites excluding steroid dienone is 1. The number of nitrogens with one attached hydrogen (secondary N) is 2. The van der Waals surface area contributed by atoms with E-state index in [-0.39, 0.29) is 11.5 Å². The lowest BCUT2D eigenvalue weighted by Crippen LogP contribution is -2.30. The Hall–Kier alpha value is -5.63. The van der Waals surface area contributed by atoms with Crippen molar-refractivity contribution in [2.75, 3.05) is 26.6 Å². The summed E-state index contributed by atoms with van der Waals surface area (Å²) in [6.07, 6.45) is 4.70. The normalized spacial score (nSPS) is 11.1. The van der Waals surface area contributed by atoms with E-state index >= 15 is 0 Å². The van der Waals surface area contributed by atoms with E-state index in [0.717, 1.165) is 5.56 Å². The molecule has 2 N–H and O–H groups in total. The van der Waals surface area contributed by atoms with E-state index in [2.05, 4.69) is 10.6 Å². The van der Waals surface area contributed by atoms with Crippen molar-refractivity contribution in [3.63, 3.8) is 0 Å². The number of hydrogen-bond donors (Lipinski definition) is 2. The number of methoxy groups -OCH3 is 3. The Morgan fingerprint density at radius 3 is 2.10 bits per heavy atom. The molecule has 4 aromatic carbocycles. The molecule has 2 amide bonds. The van der Waals surface area contributed by atoms with E-state index in [1.54, 1.807) is 86.0 Å². The Morgan fingerprint density at radius 2 is 1.40 bits per heavy atom. The van der Waals surface area contributed by atoms with Crippen LogP contribution in [0.4, 0.5) is 5.69 Å². The molecule has 212 valence electrons. The quantitative estimate of drug-likeness (QED) is 0.171. The maximum absolute atomic E-state index is 13.4. The third-order valence-electron chi connectivity index (χ3n) is 6.21. The smallest absolute Gasteiger partial charge is 0.272 e. The van der Waals surface area contributed by atoms with Crippen LogP contribution in [-0.2, 0) is 4.79 Å². The molecule has 0 unspecified atom stereocenters. The first kappa shape index (κ1) is 29.4. The van der Waals surface area contributed by atoms with Gasteiger partial charge in [0.25, 0.3) is 11.8 Å². The molecule has 0 heterocycles. The van der Waals surface area contributed by atoms with Gasteiger partial charge in [-0.25, -0.2) is 0 Å². The van der Waals surface area contributed by atoms with Crippen LogP contribution in [0.1, 0.15) is 31.8 Å². The fourth-order valence-electron chi connectivity index (χ4n) is 3.98. The first-order valence-electron chi connectivity index (χ1n) is 13.0.